The summed E-state index contributed by atoms with van der Waals surface area (Å²) in [7, 11) is 1.60. The molecule has 102 valence electrons. The molecule has 0 aliphatic heterocycles. The standard InChI is InChI=1S/C16H14BrNO2/c1-20-15-9-8-13(17)11-12(15)7-10-16(19)18-14-5-3-2-4-6-14/h2-11H,1H3,(H,18,19)/b10-7+. The van der Waals surface area contributed by atoms with Crippen molar-refractivity contribution in [2.45, 2.75) is 0 Å². The van der Waals surface area contributed by atoms with Gasteiger partial charge in [0.25, 0.3) is 0 Å². The van der Waals surface area contributed by atoms with Crippen LogP contribution in [0.1, 0.15) is 5.56 Å². The van der Waals surface area contributed by atoms with Gasteiger partial charge in [-0.2, -0.15) is 0 Å². The highest BCUT2D eigenvalue weighted by Gasteiger charge is 2.02. The number of carbonyl (C=O) groups is 1. The van der Waals surface area contributed by atoms with Crippen LogP contribution in [0.3, 0.4) is 0 Å². The summed E-state index contributed by atoms with van der Waals surface area (Å²) in [6.45, 7) is 0. The lowest BCUT2D eigenvalue weighted by Crippen LogP contribution is -2.07. The lowest BCUT2D eigenvalue weighted by Gasteiger charge is -2.05. The van der Waals surface area contributed by atoms with E-state index in [1.165, 1.54) is 6.08 Å². The van der Waals surface area contributed by atoms with Gasteiger partial charge in [0.2, 0.25) is 5.91 Å². The molecule has 0 atom stereocenters. The molecule has 2 rings (SSSR count). The van der Waals surface area contributed by atoms with Gasteiger partial charge in [0.15, 0.2) is 0 Å². The lowest BCUT2D eigenvalue weighted by molar-refractivity contribution is -0.111. The molecule has 2 aromatic rings. The summed E-state index contributed by atoms with van der Waals surface area (Å²) in [4.78, 5) is 11.8. The molecule has 0 unspecified atom stereocenters. The number of halogens is 1. The minimum Gasteiger partial charge on any atom is -0.496 e. The Labute approximate surface area is 126 Å². The maximum absolute atomic E-state index is 11.8. The van der Waals surface area contributed by atoms with Crippen LogP contribution in [0.25, 0.3) is 6.08 Å². The van der Waals surface area contributed by atoms with Gasteiger partial charge >= 0.3 is 0 Å². The number of methoxy groups -OCH3 is 1. The molecule has 2 aromatic carbocycles. The van der Waals surface area contributed by atoms with Crippen LogP contribution >= 0.6 is 15.9 Å². The number of ether oxygens (including phenoxy) is 1. The van der Waals surface area contributed by atoms with E-state index in [9.17, 15) is 4.79 Å². The molecule has 0 radical (unpaired) electrons. The molecule has 0 fully saturated rings. The Kier molecular flexibility index (Phi) is 4.96. The summed E-state index contributed by atoms with van der Waals surface area (Å²) in [6.07, 6.45) is 3.21. The first kappa shape index (κ1) is 14.3. The number of carbonyl (C=O) groups excluding carboxylic acids is 1. The van der Waals surface area contributed by atoms with Crippen molar-refractivity contribution >= 4 is 33.6 Å². The van der Waals surface area contributed by atoms with Crippen LogP contribution in [-0.2, 0) is 4.79 Å². The van der Waals surface area contributed by atoms with Gasteiger partial charge in [-0.3, -0.25) is 4.79 Å². The summed E-state index contributed by atoms with van der Waals surface area (Å²) < 4.78 is 6.18. The molecule has 0 saturated carbocycles. The van der Waals surface area contributed by atoms with Gasteiger partial charge in [0.1, 0.15) is 5.75 Å². The zero-order valence-electron chi connectivity index (χ0n) is 11.0. The second-order valence-electron chi connectivity index (χ2n) is 4.07. The second-order valence-corrected chi connectivity index (χ2v) is 4.99. The molecule has 20 heavy (non-hydrogen) atoms. The molecule has 0 aromatic heterocycles. The highest BCUT2D eigenvalue weighted by molar-refractivity contribution is 9.10. The number of rotatable bonds is 4. The van der Waals surface area contributed by atoms with Crippen LogP contribution in [0, 0.1) is 0 Å². The van der Waals surface area contributed by atoms with E-state index in [2.05, 4.69) is 21.2 Å². The summed E-state index contributed by atoms with van der Waals surface area (Å²) >= 11 is 3.40. The average Bonchev–Trinajstić information content (AvgIpc) is 2.46. The largest absolute Gasteiger partial charge is 0.496 e. The Morgan fingerprint density at radius 1 is 1.20 bits per heavy atom. The molecule has 4 heteroatoms. The second kappa shape index (κ2) is 6.91. The monoisotopic (exact) mass is 331 g/mol. The number of benzene rings is 2. The number of para-hydroxylation sites is 1. The maximum Gasteiger partial charge on any atom is 0.248 e. The van der Waals surface area contributed by atoms with Gasteiger partial charge in [-0.1, -0.05) is 34.1 Å². The average molecular weight is 332 g/mol. The molecule has 0 bridgehead atoms. The van der Waals surface area contributed by atoms with Gasteiger partial charge in [0, 0.05) is 21.8 Å². The highest BCUT2D eigenvalue weighted by atomic mass is 79.9. The van der Waals surface area contributed by atoms with Crippen molar-refractivity contribution in [1.29, 1.82) is 0 Å². The molecule has 3 nitrogen and oxygen atoms in total. The minimum atomic E-state index is -0.182. The molecule has 0 spiro atoms. The van der Waals surface area contributed by atoms with Gasteiger partial charge < -0.3 is 10.1 Å². The Balaban J connectivity index is 2.09. The topological polar surface area (TPSA) is 38.3 Å². The van der Waals surface area contributed by atoms with Crippen molar-refractivity contribution in [3.8, 4) is 5.75 Å². The van der Waals surface area contributed by atoms with Crippen molar-refractivity contribution < 1.29 is 9.53 Å². The molecular formula is C16H14BrNO2. The molecule has 0 aliphatic carbocycles. The molecule has 0 saturated heterocycles. The van der Waals surface area contributed by atoms with E-state index in [-0.39, 0.29) is 5.91 Å². The smallest absolute Gasteiger partial charge is 0.248 e. The van der Waals surface area contributed by atoms with Crippen LogP contribution in [0.5, 0.6) is 5.75 Å². The predicted octanol–water partition coefficient (Wildman–Crippen LogP) is 4.11. The Morgan fingerprint density at radius 2 is 1.95 bits per heavy atom. The number of hydrogen-bond donors (Lipinski definition) is 1. The van der Waals surface area contributed by atoms with Crippen molar-refractivity contribution in [2.75, 3.05) is 12.4 Å². The molecular weight excluding hydrogens is 318 g/mol. The first-order chi connectivity index (χ1) is 9.69. The van der Waals surface area contributed by atoms with Crippen LogP contribution in [0.4, 0.5) is 5.69 Å². The quantitative estimate of drug-likeness (QED) is 0.856. The van der Waals surface area contributed by atoms with Crippen LogP contribution in [0.15, 0.2) is 59.1 Å². The molecule has 1 N–H and O–H groups in total. The predicted molar refractivity (Wildman–Crippen MR) is 84.8 cm³/mol. The summed E-state index contributed by atoms with van der Waals surface area (Å²) in [5.41, 5.74) is 1.61. The minimum absolute atomic E-state index is 0.182. The number of amides is 1. The van der Waals surface area contributed by atoms with Gasteiger partial charge in [-0.05, 0) is 36.4 Å². The van der Waals surface area contributed by atoms with Crippen LogP contribution in [-0.4, -0.2) is 13.0 Å². The van der Waals surface area contributed by atoms with Gasteiger partial charge in [-0.15, -0.1) is 0 Å². The van der Waals surface area contributed by atoms with E-state index in [1.807, 2.05) is 48.5 Å². The van der Waals surface area contributed by atoms with Crippen LogP contribution < -0.4 is 10.1 Å². The third kappa shape index (κ3) is 3.96. The van der Waals surface area contributed by atoms with E-state index >= 15 is 0 Å². The fourth-order valence-corrected chi connectivity index (χ4v) is 2.09. The normalized spacial score (nSPS) is 10.5. The SMILES string of the molecule is COc1ccc(Br)cc1/C=C/C(=O)Nc1ccccc1. The van der Waals surface area contributed by atoms with Gasteiger partial charge in [0.05, 0.1) is 7.11 Å². The Bertz CT molecular complexity index is 624. The van der Waals surface area contributed by atoms with Gasteiger partial charge in [-0.25, -0.2) is 0 Å². The van der Waals surface area contributed by atoms with E-state index in [0.29, 0.717) is 0 Å². The third-order valence-corrected chi connectivity index (χ3v) is 3.14. The van der Waals surface area contributed by atoms with E-state index < -0.39 is 0 Å². The van der Waals surface area contributed by atoms with E-state index in [0.717, 1.165) is 21.5 Å². The Hall–Kier alpha value is -2.07. The van der Waals surface area contributed by atoms with Crippen molar-refractivity contribution in [3.63, 3.8) is 0 Å². The first-order valence-electron chi connectivity index (χ1n) is 6.06. The molecule has 0 heterocycles. The van der Waals surface area contributed by atoms with Crippen molar-refractivity contribution in [1.82, 2.24) is 0 Å². The summed E-state index contributed by atoms with van der Waals surface area (Å²) in [6, 6.07) is 15.0. The van der Waals surface area contributed by atoms with Crippen molar-refractivity contribution in [3.05, 3.63) is 64.6 Å². The zero-order chi connectivity index (χ0) is 14.4. The lowest BCUT2D eigenvalue weighted by atomic mass is 10.2. The van der Waals surface area contributed by atoms with E-state index in [1.54, 1.807) is 13.2 Å². The highest BCUT2D eigenvalue weighted by Crippen LogP contribution is 2.24. The third-order valence-electron chi connectivity index (χ3n) is 2.65. The Morgan fingerprint density at radius 3 is 2.65 bits per heavy atom. The fourth-order valence-electron chi connectivity index (χ4n) is 1.71. The fraction of sp³-hybridized carbons (Fsp3) is 0.0625. The van der Waals surface area contributed by atoms with Crippen molar-refractivity contribution in [2.24, 2.45) is 0 Å². The first-order valence-corrected chi connectivity index (χ1v) is 6.86. The number of hydrogen-bond acceptors (Lipinski definition) is 2. The van der Waals surface area contributed by atoms with Crippen LogP contribution in [0.2, 0.25) is 0 Å². The number of anilines is 1. The van der Waals surface area contributed by atoms with E-state index in [4.69, 9.17) is 4.74 Å². The summed E-state index contributed by atoms with van der Waals surface area (Å²) in [5, 5.41) is 2.79. The molecule has 0 aliphatic rings. The zero-order valence-corrected chi connectivity index (χ0v) is 12.6. The molecule has 1 amide bonds. The maximum atomic E-state index is 11.8. The number of nitrogens with one attached hydrogen (secondary N) is 1. The summed E-state index contributed by atoms with van der Waals surface area (Å²) in [5.74, 6) is 0.537.